The summed E-state index contributed by atoms with van der Waals surface area (Å²) in [5, 5.41) is 0. The monoisotopic (exact) mass is 268 g/mol. The van der Waals surface area contributed by atoms with Gasteiger partial charge in [-0.3, -0.25) is 0 Å². The fourth-order valence-electron chi connectivity index (χ4n) is 2.86. The summed E-state index contributed by atoms with van der Waals surface area (Å²) in [4.78, 5) is 0. The maximum atomic E-state index is 11.8. The largest absolute Gasteiger partial charge is 0.724 e. The second-order valence-electron chi connectivity index (χ2n) is 5.06. The van der Waals surface area contributed by atoms with Crippen molar-refractivity contribution in [2.24, 2.45) is 0 Å². The third-order valence-corrected chi connectivity index (χ3v) is 5.11. The highest BCUT2D eigenvalue weighted by Crippen LogP contribution is 2.37. The van der Waals surface area contributed by atoms with Crippen LogP contribution < -0.4 is 9.62 Å². The standard InChI is InChI=1S/C13H20N2O2S/c1-15(18(16)17,11-7-3-2-4-8-11)13-10-6-5-9-12(13)14/h5-6,9-11H,2-4,7-8,14H2,1H3. The predicted molar refractivity (Wildman–Crippen MR) is 74.4 cm³/mol. The fraction of sp³-hybridized carbons (Fsp3) is 0.538. The van der Waals surface area contributed by atoms with Crippen molar-refractivity contribution in [1.29, 1.82) is 0 Å². The van der Waals surface area contributed by atoms with Gasteiger partial charge in [-0.2, -0.15) is 0 Å². The first kappa shape index (κ1) is 13.5. The molecule has 1 aliphatic rings. The van der Waals surface area contributed by atoms with Crippen molar-refractivity contribution in [1.82, 2.24) is 3.89 Å². The molecule has 0 saturated heterocycles. The lowest BCUT2D eigenvalue weighted by molar-refractivity contribution is 0.278. The molecule has 0 heterocycles. The van der Waals surface area contributed by atoms with Crippen LogP contribution in [0.5, 0.6) is 0 Å². The van der Waals surface area contributed by atoms with E-state index in [2.05, 4.69) is 0 Å². The minimum atomic E-state index is -2.22. The molecule has 1 aliphatic carbocycles. The molecule has 0 amide bonds. The third kappa shape index (κ3) is 2.30. The molecule has 5 heteroatoms. The molecule has 0 radical (unpaired) electrons. The number of para-hydroxylation sites is 2. The zero-order valence-electron chi connectivity index (χ0n) is 10.7. The van der Waals surface area contributed by atoms with E-state index in [1.165, 1.54) is 6.42 Å². The van der Waals surface area contributed by atoms with E-state index in [4.69, 9.17) is 5.73 Å². The van der Waals surface area contributed by atoms with Gasteiger partial charge < -0.3 is 10.3 Å². The molecule has 1 aromatic carbocycles. The maximum Gasteiger partial charge on any atom is 0.168 e. The Hall–Kier alpha value is -0.910. The Labute approximate surface area is 111 Å². The number of quaternary nitrogens is 1. The molecule has 0 aliphatic heterocycles. The fourth-order valence-corrected chi connectivity index (χ4v) is 3.65. The van der Waals surface area contributed by atoms with Gasteiger partial charge in [0.2, 0.25) is 0 Å². The van der Waals surface area contributed by atoms with Gasteiger partial charge in [0.15, 0.2) is 17.0 Å². The molecule has 2 atom stereocenters. The Bertz CT molecular complexity index is 446. The molecule has 1 fully saturated rings. The first-order valence-electron chi connectivity index (χ1n) is 6.38. The van der Waals surface area contributed by atoms with Crippen LogP contribution in [0.2, 0.25) is 0 Å². The second kappa shape index (κ2) is 5.38. The highest BCUT2D eigenvalue weighted by molar-refractivity contribution is 7.78. The Morgan fingerprint density at radius 1 is 1.28 bits per heavy atom. The lowest BCUT2D eigenvalue weighted by Gasteiger charge is -2.42. The Kier molecular flexibility index (Phi) is 4.04. The van der Waals surface area contributed by atoms with E-state index >= 15 is 0 Å². The molecular formula is C13H20N2O2S. The summed E-state index contributed by atoms with van der Waals surface area (Å²) in [5.74, 6) is 0. The zero-order valence-corrected chi connectivity index (χ0v) is 11.5. The van der Waals surface area contributed by atoms with Crippen LogP contribution in [0.15, 0.2) is 24.3 Å². The van der Waals surface area contributed by atoms with Crippen LogP contribution in [0, 0.1) is 0 Å². The molecule has 2 unspecified atom stereocenters. The number of anilines is 1. The average molecular weight is 268 g/mol. The van der Waals surface area contributed by atoms with Crippen molar-refractivity contribution in [3.8, 4) is 0 Å². The summed E-state index contributed by atoms with van der Waals surface area (Å²) in [6.07, 6.45) is 5.29. The highest BCUT2D eigenvalue weighted by atomic mass is 32.2. The van der Waals surface area contributed by atoms with Crippen LogP contribution in [-0.2, 0) is 11.3 Å². The van der Waals surface area contributed by atoms with Crippen molar-refractivity contribution >= 4 is 22.6 Å². The minimum absolute atomic E-state index is 0.0906. The molecule has 0 spiro atoms. The molecule has 0 aromatic heterocycles. The topological polar surface area (TPSA) is 66.2 Å². The molecule has 1 saturated carbocycles. The van der Waals surface area contributed by atoms with E-state index in [0.29, 0.717) is 11.4 Å². The van der Waals surface area contributed by atoms with Crippen LogP contribution in [0.25, 0.3) is 0 Å². The van der Waals surface area contributed by atoms with Crippen molar-refractivity contribution < 1.29 is 8.76 Å². The average Bonchev–Trinajstić information content (AvgIpc) is 2.39. The van der Waals surface area contributed by atoms with Gasteiger partial charge in [-0.1, -0.05) is 18.6 Å². The predicted octanol–water partition coefficient (Wildman–Crippen LogP) is 2.33. The Balaban J connectivity index is 2.43. The van der Waals surface area contributed by atoms with Gasteiger partial charge in [0, 0.05) is 18.9 Å². The van der Waals surface area contributed by atoms with Crippen molar-refractivity contribution in [2.45, 2.75) is 38.1 Å². The molecule has 4 nitrogen and oxygen atoms in total. The number of nitrogens with zero attached hydrogens (tertiary/aromatic N) is 1. The summed E-state index contributed by atoms with van der Waals surface area (Å²) in [6, 6.07) is 7.37. The molecule has 2 rings (SSSR count). The minimum Gasteiger partial charge on any atom is -0.724 e. The molecule has 1 aromatic rings. The van der Waals surface area contributed by atoms with Crippen molar-refractivity contribution in [2.75, 3.05) is 12.8 Å². The first-order chi connectivity index (χ1) is 8.56. The van der Waals surface area contributed by atoms with Gasteiger partial charge in [-0.05, 0) is 18.9 Å². The van der Waals surface area contributed by atoms with Crippen LogP contribution in [0.1, 0.15) is 32.1 Å². The SMILES string of the molecule is C[N+](c1ccccc1N)(C1CCCCC1)S(=O)[O-]. The van der Waals surface area contributed by atoms with Crippen molar-refractivity contribution in [3.63, 3.8) is 0 Å². The van der Waals surface area contributed by atoms with E-state index < -0.39 is 11.3 Å². The Morgan fingerprint density at radius 3 is 2.44 bits per heavy atom. The van der Waals surface area contributed by atoms with Crippen LogP contribution >= 0.6 is 0 Å². The van der Waals surface area contributed by atoms with Crippen LogP contribution in [0.3, 0.4) is 0 Å². The number of hydrogen-bond acceptors (Lipinski definition) is 3. The number of rotatable bonds is 3. The molecule has 0 bridgehead atoms. The van der Waals surface area contributed by atoms with E-state index in [-0.39, 0.29) is 9.93 Å². The summed E-state index contributed by atoms with van der Waals surface area (Å²) in [5.41, 5.74) is 7.21. The van der Waals surface area contributed by atoms with Gasteiger partial charge in [-0.25, -0.2) is 8.10 Å². The lowest BCUT2D eigenvalue weighted by atomic mass is 9.94. The third-order valence-electron chi connectivity index (χ3n) is 4.00. The second-order valence-corrected chi connectivity index (χ2v) is 6.25. The van der Waals surface area contributed by atoms with Gasteiger partial charge in [0.05, 0.1) is 12.7 Å². The summed E-state index contributed by atoms with van der Waals surface area (Å²) >= 11 is -2.22. The number of nitrogens with two attached hydrogens (primary N) is 1. The smallest absolute Gasteiger partial charge is 0.168 e. The molecular weight excluding hydrogens is 248 g/mol. The quantitative estimate of drug-likeness (QED) is 0.520. The van der Waals surface area contributed by atoms with Gasteiger partial charge in [0.25, 0.3) is 0 Å². The van der Waals surface area contributed by atoms with E-state index in [9.17, 15) is 8.76 Å². The molecule has 100 valence electrons. The summed E-state index contributed by atoms with van der Waals surface area (Å²) in [7, 11) is 1.75. The lowest BCUT2D eigenvalue weighted by Crippen LogP contribution is -2.55. The van der Waals surface area contributed by atoms with E-state index in [1.54, 1.807) is 13.1 Å². The zero-order chi connectivity index (χ0) is 13.2. The first-order valence-corrected chi connectivity index (χ1v) is 7.41. The van der Waals surface area contributed by atoms with Gasteiger partial charge in [0.1, 0.15) is 6.04 Å². The summed E-state index contributed by atoms with van der Waals surface area (Å²) < 4.78 is 23.5. The maximum absolute atomic E-state index is 11.8. The summed E-state index contributed by atoms with van der Waals surface area (Å²) in [6.45, 7) is 0. The van der Waals surface area contributed by atoms with Gasteiger partial charge in [-0.15, -0.1) is 0 Å². The highest BCUT2D eigenvalue weighted by Gasteiger charge is 2.39. The van der Waals surface area contributed by atoms with E-state index in [0.717, 1.165) is 25.7 Å². The van der Waals surface area contributed by atoms with Gasteiger partial charge >= 0.3 is 0 Å². The van der Waals surface area contributed by atoms with Crippen molar-refractivity contribution in [3.05, 3.63) is 24.3 Å². The molecule has 2 N–H and O–H groups in total. The number of benzene rings is 1. The molecule has 18 heavy (non-hydrogen) atoms. The van der Waals surface area contributed by atoms with Crippen LogP contribution in [0.4, 0.5) is 11.4 Å². The normalized spacial score (nSPS) is 22.3. The van der Waals surface area contributed by atoms with Crippen LogP contribution in [-0.4, -0.2) is 21.9 Å². The van der Waals surface area contributed by atoms with E-state index in [1.807, 2.05) is 18.2 Å². The Morgan fingerprint density at radius 2 is 1.89 bits per heavy atom. The number of nitrogen functional groups attached to an aromatic ring is 1. The number of hydrogen-bond donors (Lipinski definition) is 1.